The number of nitrogens with zero attached hydrogens (tertiary/aromatic N) is 2. The lowest BCUT2D eigenvalue weighted by Gasteiger charge is -2.49. The number of benzene rings is 6. The van der Waals surface area contributed by atoms with Gasteiger partial charge in [-0.05, 0) is 109 Å². The number of hydrogen-bond donors (Lipinski definition) is 0. The van der Waals surface area contributed by atoms with Gasteiger partial charge in [-0.25, -0.2) is 4.57 Å². The molecule has 314 valence electrons. The van der Waals surface area contributed by atoms with Crippen LogP contribution in [0.5, 0.6) is 11.5 Å². The fraction of sp³-hybridized carbons (Fsp3) is 0.293. The highest BCUT2D eigenvalue weighted by Crippen LogP contribution is 2.55. The summed E-state index contributed by atoms with van der Waals surface area (Å²) in [5.74, 6) is 1.82. The van der Waals surface area contributed by atoms with Crippen molar-refractivity contribution in [1.82, 2.24) is 0 Å². The highest BCUT2D eigenvalue weighted by molar-refractivity contribution is 6.99. The number of pyridine rings is 1. The molecule has 63 heavy (non-hydrogen) atoms. The summed E-state index contributed by atoms with van der Waals surface area (Å²) >= 11 is 0. The second-order valence-electron chi connectivity index (χ2n) is 22.2. The van der Waals surface area contributed by atoms with E-state index in [1.54, 1.807) is 0 Å². The zero-order valence-corrected chi connectivity index (χ0v) is 39.3. The van der Waals surface area contributed by atoms with E-state index in [4.69, 9.17) is 9.15 Å². The minimum absolute atomic E-state index is 0.000241. The molecule has 5 heterocycles. The molecule has 6 aromatic carbocycles. The van der Waals surface area contributed by atoms with Gasteiger partial charge in [0.05, 0.1) is 11.3 Å². The maximum absolute atomic E-state index is 7.22. The molecular weight excluding hydrogens is 767 g/mol. The molecular formula is C58H58BN2O2+. The number of para-hydroxylation sites is 1. The van der Waals surface area contributed by atoms with Crippen LogP contribution >= 0.6 is 0 Å². The van der Waals surface area contributed by atoms with Crippen molar-refractivity contribution in [2.24, 2.45) is 7.05 Å². The lowest BCUT2D eigenvalue weighted by atomic mass is 9.33. The topological polar surface area (TPSA) is 29.5 Å². The van der Waals surface area contributed by atoms with E-state index in [2.05, 4.69) is 215 Å². The van der Waals surface area contributed by atoms with Crippen LogP contribution in [0.2, 0.25) is 0 Å². The predicted octanol–water partition coefficient (Wildman–Crippen LogP) is 13.0. The van der Waals surface area contributed by atoms with Crippen LogP contribution in [0.1, 0.15) is 110 Å². The molecule has 5 heteroatoms. The number of rotatable bonds is 2. The first kappa shape index (κ1) is 39.8. The summed E-state index contributed by atoms with van der Waals surface area (Å²) in [5.41, 5.74) is 21.2. The average molecular weight is 826 g/mol. The van der Waals surface area contributed by atoms with Crippen LogP contribution in [0.15, 0.2) is 120 Å². The van der Waals surface area contributed by atoms with Crippen molar-refractivity contribution in [3.8, 4) is 33.9 Å². The molecule has 2 aromatic heterocycles. The summed E-state index contributed by atoms with van der Waals surface area (Å²) < 4.78 is 16.6. The van der Waals surface area contributed by atoms with E-state index in [1.165, 1.54) is 61.1 Å². The molecule has 0 fully saturated rings. The van der Waals surface area contributed by atoms with Gasteiger partial charge in [0.2, 0.25) is 5.69 Å². The van der Waals surface area contributed by atoms with Crippen LogP contribution in [0, 0.1) is 6.92 Å². The van der Waals surface area contributed by atoms with Gasteiger partial charge in [0.25, 0.3) is 6.71 Å². The Labute approximate surface area is 373 Å². The molecule has 0 saturated carbocycles. The standard InChI is InChI=1S/C58H58BN2O2/c1-33-20-23-40-39-18-16-17-38(53(39)63-54(40)50(33)46-19-14-15-26-60(46)13)34-27-47-51-49(28-34)62-48-25-22-36(56(5,6)7)31-43(48)59(51)44-32-37(57(8,9)10)30-42-52(44)61(47)45-24-21-35(55(2,3)4)29-41(45)58(42,11)12/h14-32H,1-13H3/q+1. The van der Waals surface area contributed by atoms with Crippen LogP contribution < -0.4 is 30.6 Å². The SMILES string of the molecule is Cc1ccc2c(oc3c(-c4cc5c6c(c4)N4c7ccc(C(C)(C)C)cc7C(C)(C)c7cc(C(C)(C)C)cc(c74)B6c4cc(C(C)(C)C)ccc4O5)cccc32)c1-c1cccc[n+]1C. The van der Waals surface area contributed by atoms with Gasteiger partial charge in [0, 0.05) is 45.3 Å². The Morgan fingerprint density at radius 1 is 0.603 bits per heavy atom. The number of furan rings is 1. The minimum atomic E-state index is -0.261. The summed E-state index contributed by atoms with van der Waals surface area (Å²) in [6.07, 6.45) is 2.10. The van der Waals surface area contributed by atoms with Gasteiger partial charge in [-0.1, -0.05) is 143 Å². The van der Waals surface area contributed by atoms with Crippen molar-refractivity contribution in [2.45, 2.75) is 105 Å². The highest BCUT2D eigenvalue weighted by Gasteiger charge is 2.49. The monoisotopic (exact) mass is 825 g/mol. The van der Waals surface area contributed by atoms with E-state index in [1.807, 2.05) is 0 Å². The number of ether oxygens (including phenoxy) is 1. The molecule has 0 N–H and O–H groups in total. The van der Waals surface area contributed by atoms with Crippen molar-refractivity contribution >= 4 is 62.1 Å². The number of anilines is 3. The van der Waals surface area contributed by atoms with Gasteiger partial charge < -0.3 is 14.1 Å². The minimum Gasteiger partial charge on any atom is -0.458 e. The third-order valence-electron chi connectivity index (χ3n) is 14.5. The van der Waals surface area contributed by atoms with E-state index >= 15 is 0 Å². The van der Waals surface area contributed by atoms with E-state index in [-0.39, 0.29) is 28.4 Å². The van der Waals surface area contributed by atoms with Gasteiger partial charge in [-0.2, -0.15) is 0 Å². The third-order valence-corrected chi connectivity index (χ3v) is 14.5. The lowest BCUT2D eigenvalue weighted by Crippen LogP contribution is -2.61. The summed E-state index contributed by atoms with van der Waals surface area (Å²) in [6, 6.07) is 41.4. The molecule has 0 radical (unpaired) electrons. The molecule has 0 unspecified atom stereocenters. The van der Waals surface area contributed by atoms with Crippen LogP contribution in [-0.2, 0) is 28.7 Å². The zero-order valence-electron chi connectivity index (χ0n) is 39.3. The summed E-state index contributed by atoms with van der Waals surface area (Å²) in [4.78, 5) is 2.60. The number of fused-ring (bicyclic) bond motifs is 9. The van der Waals surface area contributed by atoms with Crippen LogP contribution in [0.25, 0.3) is 44.3 Å². The Bertz CT molecular complexity index is 3270. The van der Waals surface area contributed by atoms with Gasteiger partial charge in [-0.3, -0.25) is 0 Å². The number of hydrogen-bond acceptors (Lipinski definition) is 3. The Hall–Kier alpha value is -6.07. The number of aromatic nitrogens is 1. The Morgan fingerprint density at radius 2 is 1.29 bits per heavy atom. The van der Waals surface area contributed by atoms with Crippen molar-refractivity contribution in [3.05, 3.63) is 149 Å². The molecule has 8 aromatic rings. The molecule has 11 rings (SSSR count). The van der Waals surface area contributed by atoms with Gasteiger partial charge >= 0.3 is 0 Å². The molecule has 3 aliphatic heterocycles. The summed E-state index contributed by atoms with van der Waals surface area (Å²) in [5, 5.41) is 2.22. The average Bonchev–Trinajstić information content (AvgIpc) is 3.60. The van der Waals surface area contributed by atoms with Gasteiger partial charge in [0.15, 0.2) is 6.20 Å². The van der Waals surface area contributed by atoms with E-state index in [9.17, 15) is 0 Å². The normalized spacial score (nSPS) is 14.9. The fourth-order valence-corrected chi connectivity index (χ4v) is 10.8. The van der Waals surface area contributed by atoms with Gasteiger partial charge in [-0.15, -0.1) is 0 Å². The smallest absolute Gasteiger partial charge is 0.256 e. The van der Waals surface area contributed by atoms with Crippen molar-refractivity contribution in [2.75, 3.05) is 4.90 Å². The second kappa shape index (κ2) is 13.0. The first-order valence-corrected chi connectivity index (χ1v) is 22.8. The molecule has 0 bridgehead atoms. The van der Waals surface area contributed by atoms with Gasteiger partial charge in [0.1, 0.15) is 29.7 Å². The maximum atomic E-state index is 7.22. The largest absolute Gasteiger partial charge is 0.458 e. The molecule has 0 amide bonds. The van der Waals surface area contributed by atoms with E-state index in [0.29, 0.717) is 0 Å². The third kappa shape index (κ3) is 5.77. The quantitative estimate of drug-likeness (QED) is 0.128. The van der Waals surface area contributed by atoms with Crippen molar-refractivity contribution in [3.63, 3.8) is 0 Å². The van der Waals surface area contributed by atoms with E-state index < -0.39 is 0 Å². The number of aryl methyl sites for hydroxylation is 2. The Kier molecular flexibility index (Phi) is 8.21. The molecule has 0 atom stereocenters. The highest BCUT2D eigenvalue weighted by atomic mass is 16.5. The maximum Gasteiger partial charge on any atom is 0.256 e. The Morgan fingerprint density at radius 3 is 2.02 bits per heavy atom. The fourth-order valence-electron chi connectivity index (χ4n) is 10.8. The first-order chi connectivity index (χ1) is 29.7. The molecule has 0 saturated heterocycles. The lowest BCUT2D eigenvalue weighted by molar-refractivity contribution is -0.660. The molecule has 4 nitrogen and oxygen atoms in total. The molecule has 3 aliphatic rings. The molecule has 0 aliphatic carbocycles. The summed E-state index contributed by atoms with van der Waals surface area (Å²) in [6.45, 7) is 28.0. The van der Waals surface area contributed by atoms with Crippen LogP contribution in [0.4, 0.5) is 17.1 Å². The van der Waals surface area contributed by atoms with Crippen LogP contribution in [-0.4, -0.2) is 6.71 Å². The van der Waals surface area contributed by atoms with Crippen molar-refractivity contribution < 1.29 is 13.7 Å². The second-order valence-corrected chi connectivity index (χ2v) is 22.2. The zero-order chi connectivity index (χ0) is 44.3. The summed E-state index contributed by atoms with van der Waals surface area (Å²) in [7, 11) is 2.10. The van der Waals surface area contributed by atoms with E-state index in [0.717, 1.165) is 61.5 Å². The van der Waals surface area contributed by atoms with Crippen molar-refractivity contribution in [1.29, 1.82) is 0 Å². The predicted molar refractivity (Wildman–Crippen MR) is 265 cm³/mol. The Balaban J connectivity index is 1.24. The first-order valence-electron chi connectivity index (χ1n) is 22.8. The van der Waals surface area contributed by atoms with Crippen LogP contribution in [0.3, 0.4) is 0 Å². The molecule has 0 spiro atoms.